The van der Waals surface area contributed by atoms with E-state index in [9.17, 15) is 0 Å². The SMILES string of the molecule is Cc1cc(C)n(-c2ccc(NCCc3ccc(Br)o3)nn2)n1. The molecule has 0 spiro atoms. The molecule has 0 fully saturated rings. The summed E-state index contributed by atoms with van der Waals surface area (Å²) < 4.78 is 7.97. The van der Waals surface area contributed by atoms with Gasteiger partial charge in [0, 0.05) is 18.7 Å². The number of halogens is 1. The molecule has 0 aliphatic carbocycles. The zero-order valence-electron chi connectivity index (χ0n) is 12.4. The maximum absolute atomic E-state index is 5.44. The Morgan fingerprint density at radius 3 is 2.64 bits per heavy atom. The van der Waals surface area contributed by atoms with E-state index in [-0.39, 0.29) is 0 Å². The van der Waals surface area contributed by atoms with Gasteiger partial charge in [0.1, 0.15) is 11.6 Å². The molecule has 0 bridgehead atoms. The summed E-state index contributed by atoms with van der Waals surface area (Å²) in [5.74, 6) is 2.37. The highest BCUT2D eigenvalue weighted by Gasteiger charge is 2.06. The minimum atomic E-state index is 0.714. The van der Waals surface area contributed by atoms with Gasteiger partial charge in [-0.05, 0) is 60.1 Å². The van der Waals surface area contributed by atoms with E-state index in [0.717, 1.165) is 40.6 Å². The maximum Gasteiger partial charge on any atom is 0.176 e. The summed E-state index contributed by atoms with van der Waals surface area (Å²) in [5, 5.41) is 16.0. The largest absolute Gasteiger partial charge is 0.454 e. The van der Waals surface area contributed by atoms with Crippen LogP contribution in [-0.4, -0.2) is 26.5 Å². The van der Waals surface area contributed by atoms with Crippen molar-refractivity contribution in [2.24, 2.45) is 0 Å². The molecule has 0 aliphatic rings. The molecule has 0 aliphatic heterocycles. The third-order valence-electron chi connectivity index (χ3n) is 3.18. The van der Waals surface area contributed by atoms with Crippen molar-refractivity contribution in [3.63, 3.8) is 0 Å². The Kier molecular flexibility index (Phi) is 4.24. The van der Waals surface area contributed by atoms with E-state index in [4.69, 9.17) is 4.42 Å². The first-order valence-corrected chi connectivity index (χ1v) is 7.76. The molecule has 3 rings (SSSR count). The normalized spacial score (nSPS) is 10.9. The van der Waals surface area contributed by atoms with Crippen molar-refractivity contribution in [2.45, 2.75) is 20.3 Å². The Morgan fingerprint density at radius 2 is 2.05 bits per heavy atom. The topological polar surface area (TPSA) is 68.8 Å². The number of furan rings is 1. The predicted octanol–water partition coefficient (Wildman–Crippen LogP) is 3.29. The van der Waals surface area contributed by atoms with Crippen molar-refractivity contribution in [1.29, 1.82) is 0 Å². The van der Waals surface area contributed by atoms with Gasteiger partial charge >= 0.3 is 0 Å². The second-order valence-corrected chi connectivity index (χ2v) is 5.78. The van der Waals surface area contributed by atoms with Crippen molar-refractivity contribution < 1.29 is 4.42 Å². The minimum absolute atomic E-state index is 0.714. The van der Waals surface area contributed by atoms with E-state index < -0.39 is 0 Å². The summed E-state index contributed by atoms with van der Waals surface area (Å²) in [6.45, 7) is 4.68. The van der Waals surface area contributed by atoms with Crippen LogP contribution in [0.4, 0.5) is 5.82 Å². The second-order valence-electron chi connectivity index (χ2n) is 5.00. The number of aromatic nitrogens is 4. The molecule has 7 heteroatoms. The monoisotopic (exact) mass is 361 g/mol. The van der Waals surface area contributed by atoms with Crippen LogP contribution in [0.1, 0.15) is 17.1 Å². The number of anilines is 1. The van der Waals surface area contributed by atoms with Crippen LogP contribution >= 0.6 is 15.9 Å². The Bertz CT molecular complexity index is 763. The van der Waals surface area contributed by atoms with E-state index in [1.54, 1.807) is 4.68 Å². The average molecular weight is 362 g/mol. The predicted molar refractivity (Wildman–Crippen MR) is 87.2 cm³/mol. The standard InChI is InChI=1S/C15H16BrN5O/c1-10-9-11(2)21(20-10)15-6-5-14(18-19-15)17-8-7-12-3-4-13(16)22-12/h3-6,9H,7-8H2,1-2H3,(H,17,18). The fourth-order valence-electron chi connectivity index (χ4n) is 2.19. The van der Waals surface area contributed by atoms with Crippen LogP contribution in [0.3, 0.4) is 0 Å². The second kappa shape index (κ2) is 6.31. The summed E-state index contributed by atoms with van der Waals surface area (Å²) in [7, 11) is 0. The molecule has 3 aromatic heterocycles. The molecular weight excluding hydrogens is 346 g/mol. The number of nitrogens with zero attached hydrogens (tertiary/aromatic N) is 4. The fourth-order valence-corrected chi connectivity index (χ4v) is 2.53. The molecule has 3 aromatic rings. The van der Waals surface area contributed by atoms with Crippen molar-refractivity contribution >= 4 is 21.7 Å². The molecule has 0 atom stereocenters. The molecular formula is C15H16BrN5O. The first kappa shape index (κ1) is 14.8. The molecule has 3 heterocycles. The highest BCUT2D eigenvalue weighted by atomic mass is 79.9. The highest BCUT2D eigenvalue weighted by molar-refractivity contribution is 9.10. The minimum Gasteiger partial charge on any atom is -0.454 e. The summed E-state index contributed by atoms with van der Waals surface area (Å²) in [4.78, 5) is 0. The van der Waals surface area contributed by atoms with Crippen molar-refractivity contribution in [3.8, 4) is 5.82 Å². The lowest BCUT2D eigenvalue weighted by Gasteiger charge is -2.05. The Hall–Kier alpha value is -2.15. The zero-order valence-corrected chi connectivity index (χ0v) is 14.0. The number of hydrogen-bond donors (Lipinski definition) is 1. The molecule has 0 aromatic carbocycles. The number of aryl methyl sites for hydroxylation is 2. The van der Waals surface area contributed by atoms with Gasteiger partial charge in [0.15, 0.2) is 10.5 Å². The average Bonchev–Trinajstić information content (AvgIpc) is 3.05. The van der Waals surface area contributed by atoms with E-state index in [2.05, 4.69) is 36.5 Å². The molecule has 0 unspecified atom stereocenters. The Labute approximate surface area is 136 Å². The maximum atomic E-state index is 5.44. The van der Waals surface area contributed by atoms with Crippen LogP contribution in [0, 0.1) is 13.8 Å². The number of rotatable bonds is 5. The zero-order chi connectivity index (χ0) is 15.5. The molecule has 0 saturated carbocycles. The van der Waals surface area contributed by atoms with Gasteiger partial charge < -0.3 is 9.73 Å². The van der Waals surface area contributed by atoms with Gasteiger partial charge in [-0.2, -0.15) is 5.10 Å². The van der Waals surface area contributed by atoms with E-state index >= 15 is 0 Å². The van der Waals surface area contributed by atoms with Crippen LogP contribution < -0.4 is 5.32 Å². The smallest absolute Gasteiger partial charge is 0.176 e. The van der Waals surface area contributed by atoms with Crippen molar-refractivity contribution in [3.05, 3.63) is 52.1 Å². The summed E-state index contributed by atoms with van der Waals surface area (Å²) >= 11 is 3.29. The van der Waals surface area contributed by atoms with E-state index in [0.29, 0.717) is 5.82 Å². The van der Waals surface area contributed by atoms with Gasteiger partial charge in [0.2, 0.25) is 0 Å². The molecule has 1 N–H and O–H groups in total. The van der Waals surface area contributed by atoms with Crippen molar-refractivity contribution in [2.75, 3.05) is 11.9 Å². The molecule has 0 radical (unpaired) electrons. The lowest BCUT2D eigenvalue weighted by atomic mass is 10.3. The van der Waals surface area contributed by atoms with Crippen LogP contribution in [0.15, 0.2) is 39.4 Å². The summed E-state index contributed by atoms with van der Waals surface area (Å²) in [5.41, 5.74) is 2.00. The first-order chi connectivity index (χ1) is 10.6. The third kappa shape index (κ3) is 3.36. The lowest BCUT2D eigenvalue weighted by molar-refractivity contribution is 0.491. The fraction of sp³-hybridized carbons (Fsp3) is 0.267. The molecule has 0 saturated heterocycles. The molecule has 114 valence electrons. The number of nitrogens with one attached hydrogen (secondary N) is 1. The number of hydrogen-bond acceptors (Lipinski definition) is 5. The Morgan fingerprint density at radius 1 is 1.18 bits per heavy atom. The molecule has 6 nitrogen and oxygen atoms in total. The van der Waals surface area contributed by atoms with Gasteiger partial charge in [-0.25, -0.2) is 4.68 Å². The van der Waals surface area contributed by atoms with Gasteiger partial charge in [0.25, 0.3) is 0 Å². The third-order valence-corrected chi connectivity index (χ3v) is 3.61. The molecule has 22 heavy (non-hydrogen) atoms. The van der Waals surface area contributed by atoms with Crippen LogP contribution in [0.5, 0.6) is 0 Å². The summed E-state index contributed by atoms with van der Waals surface area (Å²) in [6, 6.07) is 9.64. The lowest BCUT2D eigenvalue weighted by Crippen LogP contribution is -2.08. The van der Waals surface area contributed by atoms with Gasteiger partial charge in [-0.1, -0.05) is 0 Å². The highest BCUT2D eigenvalue weighted by Crippen LogP contribution is 2.15. The quantitative estimate of drug-likeness (QED) is 0.754. The first-order valence-electron chi connectivity index (χ1n) is 6.97. The van der Waals surface area contributed by atoms with Crippen LogP contribution in [0.2, 0.25) is 0 Å². The van der Waals surface area contributed by atoms with Gasteiger partial charge in [-0.3, -0.25) is 0 Å². The van der Waals surface area contributed by atoms with Crippen LogP contribution in [0.25, 0.3) is 5.82 Å². The van der Waals surface area contributed by atoms with Gasteiger partial charge in [-0.15, -0.1) is 10.2 Å². The summed E-state index contributed by atoms with van der Waals surface area (Å²) in [6.07, 6.45) is 0.784. The van der Waals surface area contributed by atoms with Gasteiger partial charge in [0.05, 0.1) is 5.69 Å². The van der Waals surface area contributed by atoms with Crippen molar-refractivity contribution in [1.82, 2.24) is 20.0 Å². The Balaban J connectivity index is 1.61. The van der Waals surface area contributed by atoms with Crippen LogP contribution in [-0.2, 0) is 6.42 Å². The molecule has 0 amide bonds. The van der Waals surface area contributed by atoms with E-state index in [1.165, 1.54) is 0 Å². The van der Waals surface area contributed by atoms with E-state index in [1.807, 2.05) is 44.2 Å².